The van der Waals surface area contributed by atoms with Crippen LogP contribution in [0, 0.1) is 0 Å². The first kappa shape index (κ1) is 17.8. The van der Waals surface area contributed by atoms with Gasteiger partial charge in [-0.25, -0.2) is 19.7 Å². The number of carboxylic acid groups (broad SMARTS) is 1. The highest BCUT2D eigenvalue weighted by atomic mass is 16.4. The Morgan fingerprint density at radius 2 is 1.86 bits per heavy atom. The van der Waals surface area contributed by atoms with Crippen molar-refractivity contribution in [2.75, 3.05) is 23.3 Å². The minimum absolute atomic E-state index is 0.175. The van der Waals surface area contributed by atoms with Gasteiger partial charge in [0.05, 0.1) is 23.1 Å². The Labute approximate surface area is 161 Å². The Hall–Kier alpha value is -3.62. The monoisotopic (exact) mass is 377 g/mol. The van der Waals surface area contributed by atoms with Gasteiger partial charge < -0.3 is 15.3 Å². The molecule has 1 fully saturated rings. The molecule has 0 unspecified atom stereocenters. The molecule has 1 aliphatic rings. The van der Waals surface area contributed by atoms with Crippen molar-refractivity contribution in [2.45, 2.75) is 18.9 Å². The fourth-order valence-electron chi connectivity index (χ4n) is 3.16. The maximum Gasteiger partial charge on any atom is 0.335 e. The average Bonchev–Trinajstić information content (AvgIpc) is 2.75. The lowest BCUT2D eigenvalue weighted by Gasteiger charge is -2.32. The summed E-state index contributed by atoms with van der Waals surface area (Å²) in [5.74, 6) is 0.410. The van der Waals surface area contributed by atoms with Gasteiger partial charge in [0.2, 0.25) is 5.95 Å². The molecule has 142 valence electrons. The molecule has 1 aliphatic heterocycles. The second-order valence-electron chi connectivity index (χ2n) is 6.47. The minimum atomic E-state index is -0.995. The highest BCUT2D eigenvalue weighted by Gasteiger charge is 2.21. The van der Waals surface area contributed by atoms with E-state index in [1.807, 2.05) is 0 Å². The summed E-state index contributed by atoms with van der Waals surface area (Å²) >= 11 is 0. The van der Waals surface area contributed by atoms with Gasteiger partial charge in [0, 0.05) is 43.9 Å². The van der Waals surface area contributed by atoms with E-state index in [2.05, 4.69) is 35.1 Å². The number of nitrogens with one attached hydrogen (secondary N) is 1. The van der Waals surface area contributed by atoms with E-state index in [1.54, 1.807) is 30.9 Å². The Kier molecular flexibility index (Phi) is 5.05. The molecular weight excluding hydrogens is 358 g/mol. The number of aromatic carboxylic acids is 1. The standard InChI is InChI=1S/C19H19N7O2/c27-18(28)13-1-5-21-16(11-13)15-2-6-23-19(25-15)24-14-3-9-26(10-4-14)17-12-20-7-8-22-17/h1-2,5-8,11-12,14H,3-4,9-10H2,(H,27,28)(H,23,24,25). The van der Waals surface area contributed by atoms with E-state index in [1.165, 1.54) is 18.3 Å². The quantitative estimate of drug-likeness (QED) is 0.689. The van der Waals surface area contributed by atoms with Gasteiger partial charge in [-0.3, -0.25) is 9.97 Å². The Morgan fingerprint density at radius 1 is 1.04 bits per heavy atom. The van der Waals surface area contributed by atoms with E-state index in [0.717, 1.165) is 31.7 Å². The van der Waals surface area contributed by atoms with Gasteiger partial charge in [-0.15, -0.1) is 0 Å². The van der Waals surface area contributed by atoms with Gasteiger partial charge in [-0.05, 0) is 31.0 Å². The molecule has 2 N–H and O–H groups in total. The first-order valence-electron chi connectivity index (χ1n) is 8.99. The van der Waals surface area contributed by atoms with Crippen molar-refractivity contribution in [2.24, 2.45) is 0 Å². The molecule has 0 radical (unpaired) electrons. The van der Waals surface area contributed by atoms with Crippen molar-refractivity contribution in [3.8, 4) is 11.4 Å². The first-order chi connectivity index (χ1) is 13.7. The minimum Gasteiger partial charge on any atom is -0.478 e. The van der Waals surface area contributed by atoms with Crippen LogP contribution in [0.2, 0.25) is 0 Å². The molecule has 9 heteroatoms. The summed E-state index contributed by atoms with van der Waals surface area (Å²) in [6, 6.07) is 4.93. The zero-order chi connectivity index (χ0) is 19.3. The molecule has 0 aromatic carbocycles. The number of pyridine rings is 1. The molecular formula is C19H19N7O2. The molecule has 0 atom stereocenters. The molecule has 0 aliphatic carbocycles. The maximum atomic E-state index is 11.2. The number of hydrogen-bond donors (Lipinski definition) is 2. The summed E-state index contributed by atoms with van der Waals surface area (Å²) in [4.78, 5) is 34.9. The van der Waals surface area contributed by atoms with E-state index < -0.39 is 5.97 Å². The van der Waals surface area contributed by atoms with E-state index in [4.69, 9.17) is 5.11 Å². The zero-order valence-electron chi connectivity index (χ0n) is 15.1. The van der Waals surface area contributed by atoms with Crippen LogP contribution in [0.4, 0.5) is 11.8 Å². The summed E-state index contributed by atoms with van der Waals surface area (Å²) in [7, 11) is 0. The molecule has 28 heavy (non-hydrogen) atoms. The van der Waals surface area contributed by atoms with Crippen LogP contribution in [0.15, 0.2) is 49.2 Å². The number of nitrogens with zero attached hydrogens (tertiary/aromatic N) is 6. The van der Waals surface area contributed by atoms with Gasteiger partial charge in [-0.1, -0.05) is 0 Å². The summed E-state index contributed by atoms with van der Waals surface area (Å²) < 4.78 is 0. The van der Waals surface area contributed by atoms with Gasteiger partial charge in [0.15, 0.2) is 0 Å². The van der Waals surface area contributed by atoms with E-state index in [-0.39, 0.29) is 11.6 Å². The van der Waals surface area contributed by atoms with Crippen molar-refractivity contribution in [1.29, 1.82) is 0 Å². The summed E-state index contributed by atoms with van der Waals surface area (Å²) in [6.45, 7) is 1.75. The molecule has 3 aromatic rings. The van der Waals surface area contributed by atoms with E-state index >= 15 is 0 Å². The van der Waals surface area contributed by atoms with Crippen molar-refractivity contribution in [1.82, 2.24) is 24.9 Å². The Morgan fingerprint density at radius 3 is 2.61 bits per heavy atom. The Balaban J connectivity index is 1.42. The lowest BCUT2D eigenvalue weighted by molar-refractivity contribution is 0.0697. The topological polar surface area (TPSA) is 117 Å². The number of rotatable bonds is 5. The number of carboxylic acids is 1. The largest absolute Gasteiger partial charge is 0.478 e. The third kappa shape index (κ3) is 4.03. The van der Waals surface area contributed by atoms with Crippen LogP contribution in [0.25, 0.3) is 11.4 Å². The van der Waals surface area contributed by atoms with E-state index in [9.17, 15) is 4.79 Å². The number of aromatic nitrogens is 5. The SMILES string of the molecule is O=C(O)c1ccnc(-c2ccnc(NC3CCN(c4cnccn4)CC3)n2)c1. The zero-order valence-corrected chi connectivity index (χ0v) is 15.1. The molecule has 3 aromatic heterocycles. The molecule has 9 nitrogen and oxygen atoms in total. The second-order valence-corrected chi connectivity index (χ2v) is 6.47. The Bertz CT molecular complexity index is 959. The fourth-order valence-corrected chi connectivity index (χ4v) is 3.16. The third-order valence-electron chi connectivity index (χ3n) is 4.63. The molecule has 1 saturated heterocycles. The lowest BCUT2D eigenvalue weighted by Crippen LogP contribution is -2.39. The lowest BCUT2D eigenvalue weighted by atomic mass is 10.1. The van der Waals surface area contributed by atoms with Crippen LogP contribution in [-0.4, -0.2) is 55.1 Å². The van der Waals surface area contributed by atoms with Crippen LogP contribution >= 0.6 is 0 Å². The number of carbonyl (C=O) groups is 1. The average molecular weight is 377 g/mol. The van der Waals surface area contributed by atoms with Crippen LogP contribution in [0.5, 0.6) is 0 Å². The third-order valence-corrected chi connectivity index (χ3v) is 4.63. The predicted molar refractivity (Wildman–Crippen MR) is 103 cm³/mol. The number of piperidine rings is 1. The molecule has 4 heterocycles. The van der Waals surface area contributed by atoms with Crippen molar-refractivity contribution < 1.29 is 9.90 Å². The molecule has 0 bridgehead atoms. The predicted octanol–water partition coefficient (Wildman–Crippen LogP) is 2.11. The van der Waals surface area contributed by atoms with Crippen LogP contribution in [0.3, 0.4) is 0 Å². The summed E-state index contributed by atoms with van der Waals surface area (Å²) in [5, 5.41) is 12.5. The first-order valence-corrected chi connectivity index (χ1v) is 8.99. The van der Waals surface area contributed by atoms with Gasteiger partial charge in [0.25, 0.3) is 0 Å². The normalized spacial score (nSPS) is 14.6. The molecule has 0 amide bonds. The summed E-state index contributed by atoms with van der Waals surface area (Å²) in [6.07, 6.45) is 10.1. The van der Waals surface area contributed by atoms with Crippen LogP contribution in [-0.2, 0) is 0 Å². The van der Waals surface area contributed by atoms with Crippen LogP contribution in [0.1, 0.15) is 23.2 Å². The molecule has 4 rings (SSSR count). The highest BCUT2D eigenvalue weighted by molar-refractivity contribution is 5.88. The van der Waals surface area contributed by atoms with Gasteiger partial charge in [0.1, 0.15) is 5.82 Å². The molecule has 0 spiro atoms. The maximum absolute atomic E-state index is 11.2. The smallest absolute Gasteiger partial charge is 0.335 e. The fraction of sp³-hybridized carbons (Fsp3) is 0.263. The number of anilines is 2. The van der Waals surface area contributed by atoms with Crippen molar-refractivity contribution in [3.05, 3.63) is 54.7 Å². The van der Waals surface area contributed by atoms with Gasteiger partial charge >= 0.3 is 5.97 Å². The molecule has 0 saturated carbocycles. The van der Waals surface area contributed by atoms with Crippen LogP contribution < -0.4 is 10.2 Å². The van der Waals surface area contributed by atoms with Crippen molar-refractivity contribution >= 4 is 17.7 Å². The van der Waals surface area contributed by atoms with Crippen molar-refractivity contribution in [3.63, 3.8) is 0 Å². The van der Waals surface area contributed by atoms with Gasteiger partial charge in [-0.2, -0.15) is 0 Å². The second kappa shape index (κ2) is 7.95. The van der Waals surface area contributed by atoms with E-state index in [0.29, 0.717) is 17.3 Å². The highest BCUT2D eigenvalue weighted by Crippen LogP contribution is 2.20. The summed E-state index contributed by atoms with van der Waals surface area (Å²) in [5.41, 5.74) is 1.26. The number of hydrogen-bond acceptors (Lipinski definition) is 8.